The smallest absolute Gasteiger partial charge is 0.0404 e. The van der Waals surface area contributed by atoms with Gasteiger partial charge in [0, 0.05) is 5.54 Å². The van der Waals surface area contributed by atoms with E-state index in [1.165, 1.54) is 16.7 Å². The van der Waals surface area contributed by atoms with E-state index < -0.39 is 0 Å². The fourth-order valence-corrected chi connectivity index (χ4v) is 1.41. The Bertz CT molecular complexity index is 324. The zero-order chi connectivity index (χ0) is 10.9. The van der Waals surface area contributed by atoms with E-state index >= 15 is 0 Å². The molecular formula is C13H21N. The molecule has 0 aromatic heterocycles. The minimum atomic E-state index is -0.224. The van der Waals surface area contributed by atoms with Crippen LogP contribution in [0.5, 0.6) is 0 Å². The standard InChI is InChI=1S/C13H21N/c1-9(2)13(5,14)12-7-6-10(3)11(4)8-12/h6-9H,14H2,1-5H3. The maximum absolute atomic E-state index is 6.30. The molecule has 0 fully saturated rings. The second-order valence-electron chi connectivity index (χ2n) is 4.74. The largest absolute Gasteiger partial charge is 0.321 e. The van der Waals surface area contributed by atoms with Crippen LogP contribution in [-0.2, 0) is 5.54 Å². The second-order valence-corrected chi connectivity index (χ2v) is 4.74. The van der Waals surface area contributed by atoms with Crippen molar-refractivity contribution in [3.05, 3.63) is 34.9 Å². The van der Waals surface area contributed by atoms with E-state index in [0.29, 0.717) is 5.92 Å². The van der Waals surface area contributed by atoms with Gasteiger partial charge < -0.3 is 5.73 Å². The van der Waals surface area contributed by atoms with Crippen LogP contribution < -0.4 is 5.73 Å². The maximum Gasteiger partial charge on any atom is 0.0404 e. The highest BCUT2D eigenvalue weighted by Crippen LogP contribution is 2.27. The van der Waals surface area contributed by atoms with Gasteiger partial charge in [0.2, 0.25) is 0 Å². The molecule has 0 aliphatic rings. The maximum atomic E-state index is 6.30. The van der Waals surface area contributed by atoms with Crippen molar-refractivity contribution in [2.24, 2.45) is 11.7 Å². The molecule has 1 rings (SSSR count). The van der Waals surface area contributed by atoms with Gasteiger partial charge in [-0.3, -0.25) is 0 Å². The summed E-state index contributed by atoms with van der Waals surface area (Å²) >= 11 is 0. The zero-order valence-corrected chi connectivity index (χ0v) is 9.89. The van der Waals surface area contributed by atoms with Crippen molar-refractivity contribution in [3.63, 3.8) is 0 Å². The molecule has 0 aliphatic heterocycles. The summed E-state index contributed by atoms with van der Waals surface area (Å²) in [6.07, 6.45) is 0. The summed E-state index contributed by atoms with van der Waals surface area (Å²) in [5.41, 5.74) is 9.95. The molecule has 1 aromatic carbocycles. The Labute approximate surface area is 87.3 Å². The Kier molecular flexibility index (Phi) is 3.01. The molecule has 0 amide bonds. The molecule has 1 atom stereocenters. The van der Waals surface area contributed by atoms with E-state index in [9.17, 15) is 0 Å². The van der Waals surface area contributed by atoms with Crippen LogP contribution in [0.25, 0.3) is 0 Å². The minimum Gasteiger partial charge on any atom is -0.321 e. The predicted octanol–water partition coefficient (Wildman–Crippen LogP) is 3.13. The summed E-state index contributed by atoms with van der Waals surface area (Å²) in [7, 11) is 0. The van der Waals surface area contributed by atoms with Crippen LogP contribution in [-0.4, -0.2) is 0 Å². The number of nitrogens with two attached hydrogens (primary N) is 1. The summed E-state index contributed by atoms with van der Waals surface area (Å²) in [6, 6.07) is 6.50. The van der Waals surface area contributed by atoms with E-state index in [1.807, 2.05) is 0 Å². The first-order valence-corrected chi connectivity index (χ1v) is 5.22. The molecule has 0 saturated heterocycles. The van der Waals surface area contributed by atoms with E-state index in [-0.39, 0.29) is 5.54 Å². The Hall–Kier alpha value is -0.820. The highest BCUT2D eigenvalue weighted by Gasteiger charge is 2.25. The van der Waals surface area contributed by atoms with Gasteiger partial charge in [0.25, 0.3) is 0 Å². The third kappa shape index (κ3) is 1.98. The summed E-state index contributed by atoms with van der Waals surface area (Å²) < 4.78 is 0. The van der Waals surface area contributed by atoms with Crippen LogP contribution in [0.1, 0.15) is 37.5 Å². The van der Waals surface area contributed by atoms with Crippen molar-refractivity contribution >= 4 is 0 Å². The van der Waals surface area contributed by atoms with Crippen LogP contribution in [0, 0.1) is 19.8 Å². The Morgan fingerprint density at radius 2 is 1.71 bits per heavy atom. The Morgan fingerprint density at radius 3 is 2.14 bits per heavy atom. The summed E-state index contributed by atoms with van der Waals surface area (Å²) in [4.78, 5) is 0. The lowest BCUT2D eigenvalue weighted by Gasteiger charge is -2.30. The molecule has 0 radical (unpaired) electrons. The Balaban J connectivity index is 3.14. The van der Waals surface area contributed by atoms with E-state index in [2.05, 4.69) is 52.8 Å². The lowest BCUT2D eigenvalue weighted by Crippen LogP contribution is -2.38. The van der Waals surface area contributed by atoms with Gasteiger partial charge >= 0.3 is 0 Å². The molecule has 2 N–H and O–H groups in total. The van der Waals surface area contributed by atoms with Gasteiger partial charge in [-0.05, 0) is 43.4 Å². The number of aryl methyl sites for hydroxylation is 2. The molecule has 0 spiro atoms. The molecular weight excluding hydrogens is 170 g/mol. The van der Waals surface area contributed by atoms with Crippen LogP contribution in [0.4, 0.5) is 0 Å². The van der Waals surface area contributed by atoms with Crippen LogP contribution in [0.2, 0.25) is 0 Å². The zero-order valence-electron chi connectivity index (χ0n) is 9.89. The van der Waals surface area contributed by atoms with E-state index in [0.717, 1.165) is 0 Å². The number of rotatable bonds is 2. The van der Waals surface area contributed by atoms with Crippen LogP contribution in [0.3, 0.4) is 0 Å². The SMILES string of the molecule is Cc1ccc(C(C)(N)C(C)C)cc1C. The first-order chi connectivity index (χ1) is 6.35. The first-order valence-electron chi connectivity index (χ1n) is 5.22. The van der Waals surface area contributed by atoms with Crippen molar-refractivity contribution in [2.45, 2.75) is 40.2 Å². The number of benzene rings is 1. The third-order valence-corrected chi connectivity index (χ3v) is 3.33. The van der Waals surface area contributed by atoms with Crippen molar-refractivity contribution in [2.75, 3.05) is 0 Å². The molecule has 1 unspecified atom stereocenters. The van der Waals surface area contributed by atoms with Crippen molar-refractivity contribution in [1.82, 2.24) is 0 Å². The van der Waals surface area contributed by atoms with Gasteiger partial charge in [-0.25, -0.2) is 0 Å². The van der Waals surface area contributed by atoms with Crippen LogP contribution in [0.15, 0.2) is 18.2 Å². The molecule has 1 aromatic rings. The number of hydrogen-bond donors (Lipinski definition) is 1. The highest BCUT2D eigenvalue weighted by atomic mass is 14.7. The van der Waals surface area contributed by atoms with E-state index in [1.54, 1.807) is 0 Å². The van der Waals surface area contributed by atoms with Gasteiger partial charge in [-0.1, -0.05) is 32.0 Å². The molecule has 0 bridgehead atoms. The Morgan fingerprint density at radius 1 is 1.14 bits per heavy atom. The predicted molar refractivity (Wildman–Crippen MR) is 62.3 cm³/mol. The normalized spacial score (nSPS) is 15.6. The quantitative estimate of drug-likeness (QED) is 0.763. The van der Waals surface area contributed by atoms with Crippen LogP contribution >= 0.6 is 0 Å². The molecule has 0 heterocycles. The molecule has 0 saturated carbocycles. The summed E-state index contributed by atoms with van der Waals surface area (Å²) in [5, 5.41) is 0. The van der Waals surface area contributed by atoms with Crippen molar-refractivity contribution in [1.29, 1.82) is 0 Å². The van der Waals surface area contributed by atoms with E-state index in [4.69, 9.17) is 5.73 Å². The first kappa shape index (κ1) is 11.3. The molecule has 0 aliphatic carbocycles. The summed E-state index contributed by atoms with van der Waals surface area (Å²) in [5.74, 6) is 0.449. The molecule has 14 heavy (non-hydrogen) atoms. The average molecular weight is 191 g/mol. The highest BCUT2D eigenvalue weighted by molar-refractivity contribution is 5.33. The lowest BCUT2D eigenvalue weighted by molar-refractivity contribution is 0.350. The van der Waals surface area contributed by atoms with Crippen molar-refractivity contribution in [3.8, 4) is 0 Å². The fourth-order valence-electron chi connectivity index (χ4n) is 1.41. The average Bonchev–Trinajstić information content (AvgIpc) is 2.09. The second kappa shape index (κ2) is 3.74. The summed E-state index contributed by atoms with van der Waals surface area (Å²) in [6.45, 7) is 10.7. The third-order valence-electron chi connectivity index (χ3n) is 3.33. The fraction of sp³-hybridized carbons (Fsp3) is 0.538. The van der Waals surface area contributed by atoms with Gasteiger partial charge in [-0.2, -0.15) is 0 Å². The topological polar surface area (TPSA) is 26.0 Å². The monoisotopic (exact) mass is 191 g/mol. The van der Waals surface area contributed by atoms with Gasteiger partial charge in [-0.15, -0.1) is 0 Å². The van der Waals surface area contributed by atoms with Gasteiger partial charge in [0.05, 0.1) is 0 Å². The lowest BCUT2D eigenvalue weighted by atomic mass is 9.82. The molecule has 1 nitrogen and oxygen atoms in total. The number of hydrogen-bond acceptors (Lipinski definition) is 1. The minimum absolute atomic E-state index is 0.224. The van der Waals surface area contributed by atoms with Gasteiger partial charge in [0.15, 0.2) is 0 Å². The molecule has 78 valence electrons. The van der Waals surface area contributed by atoms with Crippen molar-refractivity contribution < 1.29 is 0 Å². The molecule has 1 heteroatoms. The van der Waals surface area contributed by atoms with Gasteiger partial charge in [0.1, 0.15) is 0 Å².